The van der Waals surface area contributed by atoms with E-state index >= 15 is 0 Å². The van der Waals surface area contributed by atoms with E-state index in [1.165, 1.54) is 16.8 Å². The molecule has 1 aliphatic carbocycles. The number of amides is 2. The summed E-state index contributed by atoms with van der Waals surface area (Å²) in [5.41, 5.74) is -0.759. The standard InChI is InChI=1S/C22H26F3N5O4/c1-12(2)11-29-19-13(5-8-16(31)28-9-3-4-15(28)22(23,24)25)10-26-30(19)21(34)17(20(29)33)18(32)27-14-6-7-14/h5,8,10,12,14-15,34H,3-4,6-7,9,11H2,1-2H3,(H,27,32)/b8-5+/t15-/m1/s1. The molecule has 2 amide bonds. The minimum atomic E-state index is -4.51. The average Bonchev–Trinajstić information content (AvgIpc) is 3.25. The van der Waals surface area contributed by atoms with Gasteiger partial charge in [-0.1, -0.05) is 13.8 Å². The molecule has 2 aromatic rings. The molecule has 1 aliphatic heterocycles. The van der Waals surface area contributed by atoms with Crippen LogP contribution in [0.1, 0.15) is 55.5 Å². The highest BCUT2D eigenvalue weighted by Gasteiger charge is 2.47. The normalized spacial score (nSPS) is 19.0. The summed E-state index contributed by atoms with van der Waals surface area (Å²) in [5.74, 6) is -2.15. The van der Waals surface area contributed by atoms with E-state index in [1.807, 2.05) is 13.8 Å². The fraction of sp³-hybridized carbons (Fsp3) is 0.545. The van der Waals surface area contributed by atoms with Gasteiger partial charge in [-0.15, -0.1) is 0 Å². The Morgan fingerprint density at radius 1 is 1.29 bits per heavy atom. The van der Waals surface area contributed by atoms with Gasteiger partial charge in [-0.05, 0) is 37.7 Å². The molecule has 12 heteroatoms. The first kappa shape index (κ1) is 23.8. The van der Waals surface area contributed by atoms with Crippen molar-refractivity contribution in [2.75, 3.05) is 6.54 Å². The summed E-state index contributed by atoms with van der Waals surface area (Å²) in [7, 11) is 0. The number of carbonyl (C=O) groups is 2. The van der Waals surface area contributed by atoms with Gasteiger partial charge in [0.2, 0.25) is 11.8 Å². The maximum Gasteiger partial charge on any atom is 0.408 e. The van der Waals surface area contributed by atoms with Crippen molar-refractivity contribution in [3.05, 3.63) is 33.8 Å². The minimum absolute atomic E-state index is 0.000418. The van der Waals surface area contributed by atoms with Gasteiger partial charge in [0.15, 0.2) is 5.56 Å². The van der Waals surface area contributed by atoms with Crippen molar-refractivity contribution in [1.29, 1.82) is 0 Å². The van der Waals surface area contributed by atoms with E-state index in [0.29, 0.717) is 0 Å². The number of alkyl halides is 3. The first-order valence-electron chi connectivity index (χ1n) is 11.2. The lowest BCUT2D eigenvalue weighted by Crippen LogP contribution is -2.43. The van der Waals surface area contributed by atoms with Gasteiger partial charge in [0.1, 0.15) is 11.7 Å². The van der Waals surface area contributed by atoms with Crippen molar-refractivity contribution in [2.24, 2.45) is 5.92 Å². The molecule has 0 bridgehead atoms. The number of fused-ring (bicyclic) bond motifs is 1. The molecule has 2 aromatic heterocycles. The number of hydrogen-bond acceptors (Lipinski definition) is 5. The third-order valence-electron chi connectivity index (χ3n) is 5.92. The van der Waals surface area contributed by atoms with Gasteiger partial charge in [-0.2, -0.15) is 22.8 Å². The zero-order valence-electron chi connectivity index (χ0n) is 18.8. The third-order valence-corrected chi connectivity index (χ3v) is 5.92. The number of aromatic nitrogens is 3. The van der Waals surface area contributed by atoms with Crippen LogP contribution in [-0.2, 0) is 11.3 Å². The molecule has 1 saturated carbocycles. The Kier molecular flexibility index (Phi) is 6.17. The monoisotopic (exact) mass is 481 g/mol. The van der Waals surface area contributed by atoms with Gasteiger partial charge in [0.25, 0.3) is 11.5 Å². The molecule has 0 unspecified atom stereocenters. The van der Waals surface area contributed by atoms with Crippen LogP contribution in [0, 0.1) is 5.92 Å². The van der Waals surface area contributed by atoms with Crippen molar-refractivity contribution in [1.82, 2.24) is 24.4 Å². The van der Waals surface area contributed by atoms with Crippen molar-refractivity contribution < 1.29 is 27.9 Å². The van der Waals surface area contributed by atoms with Crippen LogP contribution < -0.4 is 10.9 Å². The molecule has 9 nitrogen and oxygen atoms in total. The van der Waals surface area contributed by atoms with E-state index in [2.05, 4.69) is 10.4 Å². The Bertz CT molecular complexity index is 1210. The lowest BCUT2D eigenvalue weighted by atomic mass is 10.2. The van der Waals surface area contributed by atoms with E-state index < -0.39 is 41.0 Å². The SMILES string of the molecule is CC(C)Cn1c(=O)c(C(=O)NC2CC2)c(O)n2ncc(/C=C/C(=O)N3CCC[C@@H]3C(F)(F)F)c12. The molecule has 184 valence electrons. The third kappa shape index (κ3) is 4.53. The molecular formula is C22H26F3N5O4. The van der Waals surface area contributed by atoms with Gasteiger partial charge in [0.05, 0.1) is 6.20 Å². The molecule has 0 spiro atoms. The van der Waals surface area contributed by atoms with Gasteiger partial charge in [-0.3, -0.25) is 19.0 Å². The number of rotatable bonds is 6. The molecule has 0 radical (unpaired) electrons. The summed E-state index contributed by atoms with van der Waals surface area (Å²) < 4.78 is 42.0. The van der Waals surface area contributed by atoms with Crippen LogP contribution in [0.2, 0.25) is 0 Å². The molecule has 2 aliphatic rings. The van der Waals surface area contributed by atoms with Gasteiger partial charge >= 0.3 is 6.18 Å². The van der Waals surface area contributed by atoms with Crippen molar-refractivity contribution in [3.63, 3.8) is 0 Å². The summed E-state index contributed by atoms with van der Waals surface area (Å²) in [4.78, 5) is 39.1. The number of nitrogens with zero attached hydrogens (tertiary/aromatic N) is 4. The summed E-state index contributed by atoms with van der Waals surface area (Å²) in [6.45, 7) is 3.91. The predicted octanol–water partition coefficient (Wildman–Crippen LogP) is 2.32. The highest BCUT2D eigenvalue weighted by molar-refractivity contribution is 5.97. The van der Waals surface area contributed by atoms with Crippen LogP contribution in [0.15, 0.2) is 17.1 Å². The molecule has 1 saturated heterocycles. The Morgan fingerprint density at radius 2 is 2.00 bits per heavy atom. The maximum absolute atomic E-state index is 13.2. The Morgan fingerprint density at radius 3 is 2.62 bits per heavy atom. The number of nitrogens with one attached hydrogen (secondary N) is 1. The molecular weight excluding hydrogens is 455 g/mol. The van der Waals surface area contributed by atoms with E-state index in [9.17, 15) is 32.7 Å². The summed E-state index contributed by atoms with van der Waals surface area (Å²) in [6, 6.07) is -1.86. The molecule has 0 aromatic carbocycles. The molecule has 2 fully saturated rings. The smallest absolute Gasteiger partial charge is 0.408 e. The van der Waals surface area contributed by atoms with Gasteiger partial charge < -0.3 is 15.3 Å². The zero-order chi connectivity index (χ0) is 24.8. The number of likely N-dealkylation sites (tertiary alicyclic amines) is 1. The molecule has 4 rings (SSSR count). The fourth-order valence-electron chi connectivity index (χ4n) is 4.18. The van der Waals surface area contributed by atoms with Crippen molar-refractivity contribution in [2.45, 2.75) is 64.3 Å². The number of halogens is 3. The Hall–Kier alpha value is -3.31. The lowest BCUT2D eigenvalue weighted by molar-refractivity contribution is -0.180. The van der Waals surface area contributed by atoms with Crippen LogP contribution in [0.5, 0.6) is 5.88 Å². The molecule has 3 heterocycles. The van der Waals surface area contributed by atoms with Gasteiger partial charge in [0, 0.05) is 30.8 Å². The van der Waals surface area contributed by atoms with Crippen LogP contribution in [0.25, 0.3) is 11.7 Å². The minimum Gasteiger partial charge on any atom is -0.492 e. The summed E-state index contributed by atoms with van der Waals surface area (Å²) in [5, 5.41) is 17.4. The largest absolute Gasteiger partial charge is 0.492 e. The van der Waals surface area contributed by atoms with Crippen LogP contribution in [0.3, 0.4) is 0 Å². The van der Waals surface area contributed by atoms with Crippen LogP contribution in [0.4, 0.5) is 13.2 Å². The summed E-state index contributed by atoms with van der Waals surface area (Å²) in [6.07, 6.45) is 0.763. The van der Waals surface area contributed by atoms with E-state index in [0.717, 1.165) is 28.3 Å². The molecule has 1 atom stereocenters. The number of hydrogen-bond donors (Lipinski definition) is 2. The van der Waals surface area contributed by atoms with Crippen molar-refractivity contribution >= 4 is 23.5 Å². The number of aromatic hydroxyl groups is 1. The first-order chi connectivity index (χ1) is 16.0. The zero-order valence-corrected chi connectivity index (χ0v) is 18.8. The highest BCUT2D eigenvalue weighted by Crippen LogP contribution is 2.33. The topological polar surface area (TPSA) is 109 Å². The number of carbonyl (C=O) groups excluding carboxylic acids is 2. The van der Waals surface area contributed by atoms with Crippen LogP contribution >= 0.6 is 0 Å². The Balaban J connectivity index is 1.73. The quantitative estimate of drug-likeness (QED) is 0.616. The predicted molar refractivity (Wildman–Crippen MR) is 116 cm³/mol. The van der Waals surface area contributed by atoms with E-state index in [1.54, 1.807) is 0 Å². The van der Waals surface area contributed by atoms with Gasteiger partial charge in [-0.25, -0.2) is 0 Å². The van der Waals surface area contributed by atoms with E-state index in [4.69, 9.17) is 0 Å². The molecule has 2 N–H and O–H groups in total. The Labute approximate surface area is 192 Å². The molecule has 34 heavy (non-hydrogen) atoms. The second-order valence-electron chi connectivity index (χ2n) is 9.16. The fourth-order valence-corrected chi connectivity index (χ4v) is 4.18. The lowest BCUT2D eigenvalue weighted by Gasteiger charge is -2.25. The first-order valence-corrected chi connectivity index (χ1v) is 11.2. The second-order valence-corrected chi connectivity index (χ2v) is 9.16. The summed E-state index contributed by atoms with van der Waals surface area (Å²) >= 11 is 0. The van der Waals surface area contributed by atoms with E-state index in [-0.39, 0.29) is 49.1 Å². The maximum atomic E-state index is 13.2. The highest BCUT2D eigenvalue weighted by atomic mass is 19.4. The second kappa shape index (κ2) is 8.80. The van der Waals surface area contributed by atoms with Crippen LogP contribution in [-0.4, -0.2) is 60.8 Å². The van der Waals surface area contributed by atoms with Crippen molar-refractivity contribution in [3.8, 4) is 5.88 Å². The average molecular weight is 481 g/mol.